The van der Waals surface area contributed by atoms with Crippen LogP contribution in [0.2, 0.25) is 0 Å². The summed E-state index contributed by atoms with van der Waals surface area (Å²) in [6, 6.07) is 0. The number of hydrogen-bond donors (Lipinski definition) is 2. The Bertz CT molecular complexity index is 295. The van der Waals surface area contributed by atoms with Crippen LogP contribution < -0.4 is 5.73 Å². The maximum absolute atomic E-state index is 7.18. The van der Waals surface area contributed by atoms with Gasteiger partial charge in [-0.2, -0.15) is 0 Å². The monoisotopic (exact) mass is 183 g/mol. The van der Waals surface area contributed by atoms with Crippen molar-refractivity contribution in [3.63, 3.8) is 0 Å². The molecule has 66 valence electrons. The van der Waals surface area contributed by atoms with Crippen LogP contribution in [-0.4, -0.2) is 10.8 Å². The lowest BCUT2D eigenvalue weighted by Crippen LogP contribution is -2.14. The number of nitrogens with zero attached hydrogens (tertiary/aromatic N) is 1. The second-order valence-corrected chi connectivity index (χ2v) is 4.56. The lowest BCUT2D eigenvalue weighted by atomic mass is 9.93. The summed E-state index contributed by atoms with van der Waals surface area (Å²) in [5.74, 6) is 0.0514. The molecule has 0 aromatic carbocycles. The van der Waals surface area contributed by atoms with E-state index in [1.165, 1.54) is 11.3 Å². The topological polar surface area (TPSA) is 62.8 Å². The minimum atomic E-state index is 0.0458. The summed E-state index contributed by atoms with van der Waals surface area (Å²) in [6.07, 6.45) is 0. The number of hydrogen-bond acceptors (Lipinski definition) is 3. The second-order valence-electron chi connectivity index (χ2n) is 3.70. The second kappa shape index (κ2) is 2.86. The van der Waals surface area contributed by atoms with Crippen molar-refractivity contribution in [3.05, 3.63) is 16.1 Å². The van der Waals surface area contributed by atoms with Gasteiger partial charge in [-0.15, -0.1) is 11.3 Å². The number of thiazole rings is 1. The highest BCUT2D eigenvalue weighted by Crippen LogP contribution is 2.23. The standard InChI is InChI=1S/C8H13N3S/c1-8(2,3)5-4-12-7(11-5)6(9)10/h4H,1-3H3,(H3,9,10). The van der Waals surface area contributed by atoms with E-state index in [-0.39, 0.29) is 11.3 Å². The quantitative estimate of drug-likeness (QED) is 0.514. The molecule has 0 saturated heterocycles. The van der Waals surface area contributed by atoms with Gasteiger partial charge in [-0.3, -0.25) is 5.41 Å². The van der Waals surface area contributed by atoms with Crippen molar-refractivity contribution in [2.45, 2.75) is 26.2 Å². The molecule has 1 aromatic heterocycles. The fraction of sp³-hybridized carbons (Fsp3) is 0.500. The van der Waals surface area contributed by atoms with Crippen molar-refractivity contribution in [1.29, 1.82) is 5.41 Å². The van der Waals surface area contributed by atoms with E-state index in [2.05, 4.69) is 25.8 Å². The Morgan fingerprint density at radius 1 is 1.58 bits per heavy atom. The summed E-state index contributed by atoms with van der Waals surface area (Å²) in [5.41, 5.74) is 6.35. The summed E-state index contributed by atoms with van der Waals surface area (Å²) < 4.78 is 0. The van der Waals surface area contributed by atoms with Gasteiger partial charge in [-0.05, 0) is 0 Å². The van der Waals surface area contributed by atoms with E-state index in [9.17, 15) is 0 Å². The molecule has 0 amide bonds. The molecule has 0 aliphatic carbocycles. The predicted molar refractivity (Wildman–Crippen MR) is 51.8 cm³/mol. The number of nitrogens with two attached hydrogens (primary N) is 1. The Labute approximate surface area is 76.1 Å². The van der Waals surface area contributed by atoms with Gasteiger partial charge in [0.25, 0.3) is 0 Å². The van der Waals surface area contributed by atoms with Crippen LogP contribution in [0.1, 0.15) is 31.5 Å². The first kappa shape index (κ1) is 9.19. The Hall–Kier alpha value is -0.900. The molecule has 3 nitrogen and oxygen atoms in total. The highest BCUT2D eigenvalue weighted by Gasteiger charge is 2.17. The average Bonchev–Trinajstić information content (AvgIpc) is 2.30. The SMILES string of the molecule is CC(C)(C)c1csc(C(=N)N)n1. The van der Waals surface area contributed by atoms with E-state index in [4.69, 9.17) is 11.1 Å². The Morgan fingerprint density at radius 3 is 2.42 bits per heavy atom. The zero-order valence-electron chi connectivity index (χ0n) is 7.51. The third-order valence-electron chi connectivity index (χ3n) is 1.50. The molecule has 0 atom stereocenters. The summed E-state index contributed by atoms with van der Waals surface area (Å²) >= 11 is 1.42. The van der Waals surface area contributed by atoms with Gasteiger partial charge in [-0.1, -0.05) is 20.8 Å². The van der Waals surface area contributed by atoms with E-state index in [0.29, 0.717) is 5.01 Å². The normalized spacial score (nSPS) is 11.6. The van der Waals surface area contributed by atoms with Crippen molar-refractivity contribution in [3.8, 4) is 0 Å². The lowest BCUT2D eigenvalue weighted by molar-refractivity contribution is 0.573. The average molecular weight is 183 g/mol. The van der Waals surface area contributed by atoms with Gasteiger partial charge in [-0.25, -0.2) is 4.98 Å². The van der Waals surface area contributed by atoms with Gasteiger partial charge in [0.05, 0.1) is 5.69 Å². The molecule has 0 aliphatic rings. The predicted octanol–water partition coefficient (Wildman–Crippen LogP) is 1.72. The van der Waals surface area contributed by atoms with E-state index in [1.54, 1.807) is 0 Å². The van der Waals surface area contributed by atoms with Gasteiger partial charge < -0.3 is 5.73 Å². The van der Waals surface area contributed by atoms with Crippen molar-refractivity contribution in [2.75, 3.05) is 0 Å². The van der Waals surface area contributed by atoms with Crippen LogP contribution >= 0.6 is 11.3 Å². The van der Waals surface area contributed by atoms with Gasteiger partial charge in [0.1, 0.15) is 0 Å². The summed E-state index contributed by atoms with van der Waals surface area (Å²) in [7, 11) is 0. The van der Waals surface area contributed by atoms with Crippen LogP contribution in [0.15, 0.2) is 5.38 Å². The van der Waals surface area contributed by atoms with Crippen LogP contribution in [0.25, 0.3) is 0 Å². The molecule has 4 heteroatoms. The molecule has 0 unspecified atom stereocenters. The summed E-state index contributed by atoms with van der Waals surface area (Å²) in [5, 5.41) is 9.75. The first-order chi connectivity index (χ1) is 5.41. The Morgan fingerprint density at radius 2 is 2.17 bits per heavy atom. The highest BCUT2D eigenvalue weighted by molar-refractivity contribution is 7.11. The molecule has 0 spiro atoms. The molecule has 0 bridgehead atoms. The van der Waals surface area contributed by atoms with E-state index in [1.807, 2.05) is 5.38 Å². The van der Waals surface area contributed by atoms with Crippen LogP contribution in [0.4, 0.5) is 0 Å². The largest absolute Gasteiger partial charge is 0.382 e. The molecule has 12 heavy (non-hydrogen) atoms. The van der Waals surface area contributed by atoms with Crippen molar-refractivity contribution in [2.24, 2.45) is 5.73 Å². The molecular formula is C8H13N3S. The molecule has 0 fully saturated rings. The maximum atomic E-state index is 7.18. The van der Waals surface area contributed by atoms with Gasteiger partial charge in [0.2, 0.25) is 0 Å². The third-order valence-corrected chi connectivity index (χ3v) is 2.38. The molecule has 0 saturated carbocycles. The zero-order valence-corrected chi connectivity index (χ0v) is 8.33. The fourth-order valence-electron chi connectivity index (χ4n) is 0.742. The number of nitrogen functional groups attached to an aromatic ring is 1. The minimum Gasteiger partial charge on any atom is -0.382 e. The molecule has 0 aliphatic heterocycles. The van der Waals surface area contributed by atoms with Crippen molar-refractivity contribution < 1.29 is 0 Å². The van der Waals surface area contributed by atoms with Crippen LogP contribution in [0.3, 0.4) is 0 Å². The fourth-order valence-corrected chi connectivity index (χ4v) is 1.65. The minimum absolute atomic E-state index is 0.0458. The number of amidine groups is 1. The van der Waals surface area contributed by atoms with Crippen molar-refractivity contribution >= 4 is 17.2 Å². The molecule has 1 aromatic rings. The van der Waals surface area contributed by atoms with Crippen molar-refractivity contribution in [1.82, 2.24) is 4.98 Å². The number of rotatable bonds is 1. The Kier molecular flexibility index (Phi) is 2.19. The number of aromatic nitrogens is 1. The van der Waals surface area contributed by atoms with E-state index in [0.717, 1.165) is 5.69 Å². The van der Waals surface area contributed by atoms with Crippen LogP contribution in [0, 0.1) is 5.41 Å². The first-order valence-corrected chi connectivity index (χ1v) is 4.59. The molecule has 1 rings (SSSR count). The smallest absolute Gasteiger partial charge is 0.158 e. The molecular weight excluding hydrogens is 170 g/mol. The highest BCUT2D eigenvalue weighted by atomic mass is 32.1. The third kappa shape index (κ3) is 1.82. The molecule has 0 radical (unpaired) electrons. The van der Waals surface area contributed by atoms with Crippen LogP contribution in [0.5, 0.6) is 0 Å². The Balaban J connectivity index is 3.00. The van der Waals surface area contributed by atoms with E-state index < -0.39 is 0 Å². The lowest BCUT2D eigenvalue weighted by Gasteiger charge is -2.13. The summed E-state index contributed by atoms with van der Waals surface area (Å²) in [4.78, 5) is 4.25. The molecule has 1 heterocycles. The maximum Gasteiger partial charge on any atom is 0.158 e. The van der Waals surface area contributed by atoms with Gasteiger partial charge in [0, 0.05) is 10.8 Å². The number of nitrogens with one attached hydrogen (secondary N) is 1. The van der Waals surface area contributed by atoms with Crippen LogP contribution in [-0.2, 0) is 5.41 Å². The molecule has 3 N–H and O–H groups in total. The van der Waals surface area contributed by atoms with E-state index >= 15 is 0 Å². The van der Waals surface area contributed by atoms with Gasteiger partial charge >= 0.3 is 0 Å². The zero-order chi connectivity index (χ0) is 9.35. The summed E-state index contributed by atoms with van der Waals surface area (Å²) in [6.45, 7) is 6.27. The van der Waals surface area contributed by atoms with Gasteiger partial charge in [0.15, 0.2) is 10.8 Å². The first-order valence-electron chi connectivity index (χ1n) is 3.71.